The third-order valence-corrected chi connectivity index (χ3v) is 7.58. The Labute approximate surface area is 217 Å². The number of amides is 1. The molecule has 1 aliphatic carbocycles. The molecule has 5 rings (SSSR count). The number of aromatic nitrogens is 3. The van der Waals surface area contributed by atoms with Crippen molar-refractivity contribution in [3.8, 4) is 0 Å². The summed E-state index contributed by atoms with van der Waals surface area (Å²) in [5.41, 5.74) is 5.37. The van der Waals surface area contributed by atoms with Crippen LogP contribution in [0.2, 0.25) is 5.02 Å². The number of carbonyl (C=O) groups excluding carboxylic acids is 1. The summed E-state index contributed by atoms with van der Waals surface area (Å²) in [6.07, 6.45) is 5.86. The molecule has 1 fully saturated rings. The van der Waals surface area contributed by atoms with Gasteiger partial charge in [-0.2, -0.15) is 0 Å². The lowest BCUT2D eigenvalue weighted by Crippen LogP contribution is -2.37. The van der Waals surface area contributed by atoms with E-state index in [4.69, 9.17) is 11.6 Å². The van der Waals surface area contributed by atoms with Crippen LogP contribution in [-0.4, -0.2) is 26.4 Å². The van der Waals surface area contributed by atoms with Crippen LogP contribution in [0.4, 0.5) is 4.39 Å². The smallest absolute Gasteiger partial charge is 0.270 e. The van der Waals surface area contributed by atoms with Crippen molar-refractivity contribution < 1.29 is 9.18 Å². The molecule has 3 heterocycles. The van der Waals surface area contributed by atoms with E-state index in [1.54, 1.807) is 16.7 Å². The zero-order valence-corrected chi connectivity index (χ0v) is 22.2. The van der Waals surface area contributed by atoms with E-state index < -0.39 is 6.17 Å². The van der Waals surface area contributed by atoms with Gasteiger partial charge in [-0.25, -0.2) is 9.37 Å². The lowest BCUT2D eigenvalue weighted by molar-refractivity contribution is 0.0185. The fourth-order valence-corrected chi connectivity index (χ4v) is 5.08. The van der Waals surface area contributed by atoms with Crippen LogP contribution in [0.5, 0.6) is 0 Å². The summed E-state index contributed by atoms with van der Waals surface area (Å²) in [6.45, 7) is 8.71. The quantitative estimate of drug-likeness (QED) is 0.298. The van der Waals surface area contributed by atoms with Crippen molar-refractivity contribution in [1.82, 2.24) is 19.7 Å². The summed E-state index contributed by atoms with van der Waals surface area (Å²) in [6, 6.07) is 13.6. The van der Waals surface area contributed by atoms with Gasteiger partial charge in [0.05, 0.1) is 16.2 Å². The summed E-state index contributed by atoms with van der Waals surface area (Å²) in [4.78, 5) is 21.9. The molecule has 1 aromatic carbocycles. The van der Waals surface area contributed by atoms with E-state index in [9.17, 15) is 9.18 Å². The van der Waals surface area contributed by atoms with Crippen LogP contribution in [0, 0.1) is 12.3 Å². The Morgan fingerprint density at radius 2 is 1.86 bits per heavy atom. The van der Waals surface area contributed by atoms with Crippen molar-refractivity contribution in [2.24, 2.45) is 5.41 Å². The number of rotatable bonds is 6. The topological polar surface area (TPSA) is 59.3 Å². The number of fused-ring (bicyclic) bond motifs is 2. The van der Waals surface area contributed by atoms with Gasteiger partial charge < -0.3 is 5.32 Å². The number of hydrogen-bond acceptors (Lipinski definition) is 3. The van der Waals surface area contributed by atoms with Gasteiger partial charge in [0.25, 0.3) is 5.91 Å². The highest BCUT2D eigenvalue weighted by molar-refractivity contribution is 6.30. The summed E-state index contributed by atoms with van der Waals surface area (Å²) in [5.74, 6) is -0.163. The zero-order valence-electron chi connectivity index (χ0n) is 21.4. The average molecular weight is 509 g/mol. The first kappa shape index (κ1) is 26.1. The highest BCUT2D eigenvalue weighted by Crippen LogP contribution is 2.48. The van der Waals surface area contributed by atoms with E-state index in [2.05, 4.69) is 29.1 Å². The van der Waals surface area contributed by atoms with Gasteiger partial charge in [0, 0.05) is 23.8 Å². The van der Waals surface area contributed by atoms with Crippen molar-refractivity contribution >= 4 is 34.1 Å². The molecule has 190 valence electrons. The third-order valence-electron chi connectivity index (χ3n) is 7.36. The molecule has 0 bridgehead atoms. The number of alkyl halides is 1. The van der Waals surface area contributed by atoms with Gasteiger partial charge in [0.2, 0.25) is 0 Å². The van der Waals surface area contributed by atoms with Crippen LogP contribution < -0.4 is 5.32 Å². The predicted octanol–water partition coefficient (Wildman–Crippen LogP) is 7.26. The molecule has 3 aromatic heterocycles. The number of pyridine rings is 2. The van der Waals surface area contributed by atoms with E-state index in [1.807, 2.05) is 50.2 Å². The van der Waals surface area contributed by atoms with E-state index >= 15 is 0 Å². The second-order valence-corrected chi connectivity index (χ2v) is 10.1. The number of nitrogens with one attached hydrogen (secondary N) is 1. The molecule has 0 aliphatic heterocycles. The van der Waals surface area contributed by atoms with Gasteiger partial charge in [-0.1, -0.05) is 57.3 Å². The number of nitrogens with zero attached hydrogens (tertiary/aromatic N) is 3. The maximum atomic E-state index is 12.9. The molecule has 5 nitrogen and oxygen atoms in total. The van der Waals surface area contributed by atoms with Gasteiger partial charge in [-0.15, -0.1) is 0 Å². The first-order chi connectivity index (χ1) is 17.3. The SMILES string of the molecule is CCC1(CC)CC(F)C1.CCc1nc2ccc(Cl)cn2c1C(=O)NCc1ccc2nc(C)ccc2c1. The average Bonchev–Trinajstić information content (AvgIpc) is 3.23. The number of carbonyl (C=O) groups is 1. The van der Waals surface area contributed by atoms with E-state index in [1.165, 1.54) is 0 Å². The van der Waals surface area contributed by atoms with Gasteiger partial charge in [-0.05, 0) is 67.5 Å². The second-order valence-electron chi connectivity index (χ2n) is 9.71. The molecule has 0 atom stereocenters. The van der Waals surface area contributed by atoms with E-state index in [-0.39, 0.29) is 5.91 Å². The number of benzene rings is 1. The molecule has 1 saturated carbocycles. The molecule has 1 aliphatic rings. The zero-order chi connectivity index (χ0) is 25.9. The fourth-order valence-electron chi connectivity index (χ4n) is 4.91. The summed E-state index contributed by atoms with van der Waals surface area (Å²) in [5, 5.41) is 4.62. The lowest BCUT2D eigenvalue weighted by Gasteiger charge is -2.43. The molecule has 0 saturated heterocycles. The number of aryl methyl sites for hydroxylation is 2. The highest BCUT2D eigenvalue weighted by Gasteiger charge is 2.41. The van der Waals surface area contributed by atoms with E-state index in [0.717, 1.165) is 53.5 Å². The van der Waals surface area contributed by atoms with Crippen molar-refractivity contribution in [2.45, 2.75) is 72.5 Å². The molecule has 7 heteroatoms. The number of hydrogen-bond donors (Lipinski definition) is 1. The first-order valence-electron chi connectivity index (χ1n) is 12.7. The molecule has 1 amide bonds. The van der Waals surface area contributed by atoms with Gasteiger partial charge in [-0.3, -0.25) is 14.2 Å². The summed E-state index contributed by atoms with van der Waals surface area (Å²) < 4.78 is 14.1. The van der Waals surface area contributed by atoms with Gasteiger partial charge >= 0.3 is 0 Å². The largest absolute Gasteiger partial charge is 0.347 e. The van der Waals surface area contributed by atoms with E-state index in [0.29, 0.717) is 34.7 Å². The molecule has 0 unspecified atom stereocenters. The van der Waals surface area contributed by atoms with Crippen molar-refractivity contribution in [1.29, 1.82) is 0 Å². The predicted molar refractivity (Wildman–Crippen MR) is 144 cm³/mol. The van der Waals surface area contributed by atoms with Crippen LogP contribution in [0.3, 0.4) is 0 Å². The Morgan fingerprint density at radius 3 is 2.50 bits per heavy atom. The summed E-state index contributed by atoms with van der Waals surface area (Å²) >= 11 is 6.10. The lowest BCUT2D eigenvalue weighted by atomic mass is 9.64. The first-order valence-corrected chi connectivity index (χ1v) is 13.1. The maximum absolute atomic E-state index is 12.9. The van der Waals surface area contributed by atoms with Gasteiger partial charge in [0.15, 0.2) is 0 Å². The minimum atomic E-state index is -0.482. The molecular formula is C29H34ClFN4O. The monoisotopic (exact) mass is 508 g/mol. The standard InChI is InChI=1S/C21H19ClN4O.C8H15F/c1-3-17-20(26-12-16(22)7-9-19(26)25-17)21(27)23-11-14-5-8-18-15(10-14)6-4-13(2)24-18;1-3-8(4-2)5-7(9)6-8/h4-10,12H,3,11H2,1-2H3,(H,23,27);7H,3-6H2,1-2H3. The minimum absolute atomic E-state index is 0.163. The number of halogens is 2. The van der Waals surface area contributed by atoms with Crippen molar-refractivity contribution in [3.05, 3.63) is 76.3 Å². The molecular weight excluding hydrogens is 475 g/mol. The van der Waals surface area contributed by atoms with Crippen LogP contribution in [-0.2, 0) is 13.0 Å². The molecule has 0 spiro atoms. The van der Waals surface area contributed by atoms with Crippen LogP contribution >= 0.6 is 11.6 Å². The molecule has 4 aromatic rings. The van der Waals surface area contributed by atoms with Crippen molar-refractivity contribution in [2.75, 3.05) is 0 Å². The maximum Gasteiger partial charge on any atom is 0.270 e. The highest BCUT2D eigenvalue weighted by atomic mass is 35.5. The van der Waals surface area contributed by atoms with Crippen LogP contribution in [0.1, 0.15) is 73.9 Å². The van der Waals surface area contributed by atoms with Crippen molar-refractivity contribution in [3.63, 3.8) is 0 Å². The fraction of sp³-hybridized carbons (Fsp3) is 0.414. The molecule has 0 radical (unpaired) electrons. The number of imidazole rings is 1. The Bertz CT molecular complexity index is 1370. The van der Waals surface area contributed by atoms with Crippen LogP contribution in [0.25, 0.3) is 16.6 Å². The second kappa shape index (κ2) is 11.0. The minimum Gasteiger partial charge on any atom is -0.347 e. The Morgan fingerprint density at radius 1 is 1.11 bits per heavy atom. The van der Waals surface area contributed by atoms with Gasteiger partial charge in [0.1, 0.15) is 17.5 Å². The molecule has 1 N–H and O–H groups in total. The Balaban J connectivity index is 0.000000286. The third kappa shape index (κ3) is 5.54. The Hall–Kier alpha value is -2.99. The summed E-state index contributed by atoms with van der Waals surface area (Å²) in [7, 11) is 0. The Kier molecular flexibility index (Phi) is 7.94. The molecule has 36 heavy (non-hydrogen) atoms. The van der Waals surface area contributed by atoms with Crippen LogP contribution in [0.15, 0.2) is 48.7 Å². The normalized spacial score (nSPS) is 14.8.